The topological polar surface area (TPSA) is 156 Å². The van der Waals surface area contributed by atoms with Gasteiger partial charge in [-0.2, -0.15) is 5.26 Å². The molecule has 2 aromatic rings. The summed E-state index contributed by atoms with van der Waals surface area (Å²) < 4.78 is 17.0. The third-order valence-corrected chi connectivity index (χ3v) is 5.39. The maximum atomic E-state index is 11.7. The van der Waals surface area contributed by atoms with Crippen LogP contribution >= 0.6 is 15.9 Å². The lowest BCUT2D eigenvalue weighted by molar-refractivity contribution is -0.114. The second kappa shape index (κ2) is 8.61. The fourth-order valence-corrected chi connectivity index (χ4v) is 4.03. The molecule has 0 spiro atoms. The monoisotopic (exact) mass is 473 g/mol. The summed E-state index contributed by atoms with van der Waals surface area (Å²) in [5, 5.41) is 20.6. The highest BCUT2D eigenvalue weighted by Crippen LogP contribution is 2.49. The van der Waals surface area contributed by atoms with Gasteiger partial charge in [0.05, 0.1) is 42.7 Å². The molecule has 0 fully saturated rings. The van der Waals surface area contributed by atoms with E-state index in [9.17, 15) is 10.1 Å². The number of methoxy groups -OCH3 is 2. The average molecular weight is 474 g/mol. The van der Waals surface area contributed by atoms with Gasteiger partial charge in [-0.3, -0.25) is 10.2 Å². The number of carbonyl (C=O) groups excluding carboxylic acids is 1. The first-order valence-electron chi connectivity index (χ1n) is 8.85. The second-order valence-corrected chi connectivity index (χ2v) is 7.34. The third-order valence-electron chi connectivity index (χ3n) is 4.80. The molecule has 3 rings (SSSR count). The number of halogens is 1. The molecule has 0 aliphatic carbocycles. The third kappa shape index (κ3) is 3.65. The molecule has 10 heteroatoms. The first-order chi connectivity index (χ1) is 14.4. The van der Waals surface area contributed by atoms with Crippen LogP contribution in [0.3, 0.4) is 0 Å². The van der Waals surface area contributed by atoms with Gasteiger partial charge in [0.25, 0.3) is 0 Å². The molecule has 1 heterocycles. The number of ether oxygens (including phenoxy) is 3. The van der Waals surface area contributed by atoms with Gasteiger partial charge in [-0.15, -0.1) is 0 Å². The van der Waals surface area contributed by atoms with E-state index in [1.54, 1.807) is 24.3 Å². The zero-order valence-electron chi connectivity index (χ0n) is 16.3. The Morgan fingerprint density at radius 2 is 2.10 bits per heavy atom. The number of benzene rings is 2. The van der Waals surface area contributed by atoms with E-state index in [0.717, 1.165) is 0 Å². The Hall–Kier alpha value is -3.29. The van der Waals surface area contributed by atoms with Crippen molar-refractivity contribution in [1.82, 2.24) is 0 Å². The molecule has 9 nitrogen and oxygen atoms in total. The standard InChI is InChI=1S/C20H20BrN5O4/c1-28-14-6-9(5-12(21)19(14)29-2)16-10-3-4-13(26-15(27)8-23)17(24)18(10)30-20(25)11(16)7-22/h3-6,11,16,25H,8,23-24H2,1-2H3,(H,26,27). The summed E-state index contributed by atoms with van der Waals surface area (Å²) in [6.45, 7) is -0.202. The van der Waals surface area contributed by atoms with E-state index in [1.807, 2.05) is 0 Å². The van der Waals surface area contributed by atoms with Gasteiger partial charge in [0.1, 0.15) is 5.92 Å². The highest BCUT2D eigenvalue weighted by Gasteiger charge is 2.39. The molecule has 1 aliphatic heterocycles. The first-order valence-corrected chi connectivity index (χ1v) is 9.65. The smallest absolute Gasteiger partial charge is 0.238 e. The Bertz CT molecular complexity index is 1070. The van der Waals surface area contributed by atoms with Crippen LogP contribution in [0.2, 0.25) is 0 Å². The number of anilines is 2. The molecule has 0 aromatic heterocycles. The maximum Gasteiger partial charge on any atom is 0.238 e. The zero-order chi connectivity index (χ0) is 22.0. The Kier molecular flexibility index (Phi) is 6.14. The van der Waals surface area contributed by atoms with Gasteiger partial charge in [0, 0.05) is 11.5 Å². The summed E-state index contributed by atoms with van der Waals surface area (Å²) in [6, 6.07) is 9.03. The van der Waals surface area contributed by atoms with Crippen LogP contribution in [0.15, 0.2) is 28.7 Å². The maximum absolute atomic E-state index is 11.7. The van der Waals surface area contributed by atoms with E-state index in [4.69, 9.17) is 31.1 Å². The van der Waals surface area contributed by atoms with Crippen molar-refractivity contribution in [2.45, 2.75) is 5.92 Å². The molecule has 0 bridgehead atoms. The molecular formula is C20H20BrN5O4. The lowest BCUT2D eigenvalue weighted by Crippen LogP contribution is -2.32. The van der Waals surface area contributed by atoms with Crippen LogP contribution in [0.25, 0.3) is 0 Å². The van der Waals surface area contributed by atoms with Crippen molar-refractivity contribution in [3.05, 3.63) is 39.9 Å². The summed E-state index contributed by atoms with van der Waals surface area (Å²) in [5.74, 6) is -0.889. The quantitative estimate of drug-likeness (QED) is 0.485. The predicted octanol–water partition coefficient (Wildman–Crippen LogP) is 2.59. The van der Waals surface area contributed by atoms with E-state index >= 15 is 0 Å². The number of hydrogen-bond acceptors (Lipinski definition) is 8. The molecule has 2 atom stereocenters. The SMILES string of the molecule is COc1cc(C2c3ccc(NC(=O)CN)c(N)c3OC(=N)C2C#N)cc(Br)c1OC. The van der Waals surface area contributed by atoms with Crippen molar-refractivity contribution in [3.8, 4) is 23.3 Å². The highest BCUT2D eigenvalue weighted by molar-refractivity contribution is 9.10. The van der Waals surface area contributed by atoms with Crippen LogP contribution in [0, 0.1) is 22.7 Å². The van der Waals surface area contributed by atoms with Crippen LogP contribution in [0.4, 0.5) is 11.4 Å². The van der Waals surface area contributed by atoms with Crippen molar-refractivity contribution in [1.29, 1.82) is 10.7 Å². The fourth-order valence-electron chi connectivity index (χ4n) is 3.41. The average Bonchev–Trinajstić information content (AvgIpc) is 2.74. The first kappa shape index (κ1) is 21.4. The Morgan fingerprint density at radius 3 is 2.70 bits per heavy atom. The number of amides is 1. The van der Waals surface area contributed by atoms with E-state index in [0.29, 0.717) is 32.8 Å². The molecule has 2 aromatic carbocycles. The summed E-state index contributed by atoms with van der Waals surface area (Å²) in [6.07, 6.45) is 0. The van der Waals surface area contributed by atoms with Gasteiger partial charge >= 0.3 is 0 Å². The van der Waals surface area contributed by atoms with Crippen LogP contribution in [0.1, 0.15) is 17.0 Å². The van der Waals surface area contributed by atoms with Gasteiger partial charge in [-0.25, -0.2) is 0 Å². The molecule has 1 aliphatic rings. The molecule has 1 amide bonds. The number of hydrogen-bond donors (Lipinski definition) is 4. The number of nitrogens with zero attached hydrogens (tertiary/aromatic N) is 1. The summed E-state index contributed by atoms with van der Waals surface area (Å²) in [7, 11) is 3.04. The van der Waals surface area contributed by atoms with E-state index < -0.39 is 17.7 Å². The normalized spacial score (nSPS) is 17.4. The Balaban J connectivity index is 2.20. The van der Waals surface area contributed by atoms with Gasteiger partial charge in [0.2, 0.25) is 11.8 Å². The summed E-state index contributed by atoms with van der Waals surface area (Å²) in [4.78, 5) is 11.7. The molecule has 2 unspecified atom stereocenters. The minimum absolute atomic E-state index is 0.153. The number of nitrogens with one attached hydrogen (secondary N) is 2. The van der Waals surface area contributed by atoms with Crippen molar-refractivity contribution < 1.29 is 19.0 Å². The molecule has 0 radical (unpaired) electrons. The predicted molar refractivity (Wildman–Crippen MR) is 115 cm³/mol. The molecule has 0 saturated heterocycles. The van der Waals surface area contributed by atoms with E-state index in [-0.39, 0.29) is 23.9 Å². The number of rotatable bonds is 5. The van der Waals surface area contributed by atoms with Crippen molar-refractivity contribution >= 4 is 39.1 Å². The molecule has 6 N–H and O–H groups in total. The van der Waals surface area contributed by atoms with Crippen LogP contribution < -0.4 is 31.0 Å². The second-order valence-electron chi connectivity index (χ2n) is 6.49. The molecular weight excluding hydrogens is 454 g/mol. The lowest BCUT2D eigenvalue weighted by atomic mass is 9.78. The number of nitriles is 1. The van der Waals surface area contributed by atoms with Crippen LogP contribution in [-0.2, 0) is 4.79 Å². The Labute approximate surface area is 181 Å². The minimum Gasteiger partial charge on any atom is -0.493 e. The number of fused-ring (bicyclic) bond motifs is 1. The van der Waals surface area contributed by atoms with Gasteiger partial charge in [-0.05, 0) is 39.7 Å². The van der Waals surface area contributed by atoms with Gasteiger partial charge in [0.15, 0.2) is 17.2 Å². The van der Waals surface area contributed by atoms with E-state index in [2.05, 4.69) is 27.3 Å². The summed E-state index contributed by atoms with van der Waals surface area (Å²) >= 11 is 3.47. The van der Waals surface area contributed by atoms with Crippen LogP contribution in [0.5, 0.6) is 17.2 Å². The molecule has 0 saturated carbocycles. The molecule has 156 valence electrons. The van der Waals surface area contributed by atoms with E-state index in [1.165, 1.54) is 14.2 Å². The van der Waals surface area contributed by atoms with Gasteiger partial charge < -0.3 is 31.0 Å². The Morgan fingerprint density at radius 1 is 1.37 bits per heavy atom. The minimum atomic E-state index is -0.883. The van der Waals surface area contributed by atoms with Crippen molar-refractivity contribution in [2.24, 2.45) is 11.7 Å². The summed E-state index contributed by atoms with van der Waals surface area (Å²) in [5.41, 5.74) is 13.4. The van der Waals surface area contributed by atoms with Crippen molar-refractivity contribution in [3.63, 3.8) is 0 Å². The van der Waals surface area contributed by atoms with Crippen LogP contribution in [-0.4, -0.2) is 32.6 Å². The highest BCUT2D eigenvalue weighted by atomic mass is 79.9. The lowest BCUT2D eigenvalue weighted by Gasteiger charge is -2.32. The number of nitrogens with two attached hydrogens (primary N) is 2. The van der Waals surface area contributed by atoms with Crippen molar-refractivity contribution in [2.75, 3.05) is 31.8 Å². The number of nitrogen functional groups attached to an aromatic ring is 1. The fraction of sp³-hybridized carbons (Fsp3) is 0.250. The largest absolute Gasteiger partial charge is 0.493 e. The van der Waals surface area contributed by atoms with Gasteiger partial charge in [-0.1, -0.05) is 6.07 Å². The molecule has 30 heavy (non-hydrogen) atoms. The number of carbonyl (C=O) groups is 1. The zero-order valence-corrected chi connectivity index (χ0v) is 17.9.